The number of hydrogen-bond donors (Lipinski definition) is 1. The van der Waals surface area contributed by atoms with Gasteiger partial charge in [0.25, 0.3) is 0 Å². The Balaban J connectivity index is 0.00000225. The molecular formula is C9H10Cl2N2O3. The molecule has 0 aliphatic heterocycles. The van der Waals surface area contributed by atoms with Crippen LogP contribution in [0.3, 0.4) is 0 Å². The van der Waals surface area contributed by atoms with Gasteiger partial charge >= 0.3 is 11.9 Å². The Kier molecular flexibility index (Phi) is 5.77. The van der Waals surface area contributed by atoms with E-state index in [1.54, 1.807) is 13.0 Å². The Labute approximate surface area is 103 Å². The zero-order valence-corrected chi connectivity index (χ0v) is 9.96. The van der Waals surface area contributed by atoms with Crippen LogP contribution in [0.1, 0.15) is 6.92 Å². The lowest BCUT2D eigenvalue weighted by molar-refractivity contribution is -0.148. The molecule has 5 nitrogen and oxygen atoms in total. The van der Waals surface area contributed by atoms with Crippen molar-refractivity contribution in [2.24, 2.45) is 0 Å². The van der Waals surface area contributed by atoms with Gasteiger partial charge in [-0.3, -0.25) is 9.69 Å². The van der Waals surface area contributed by atoms with Crippen molar-refractivity contribution < 1.29 is 14.7 Å². The topological polar surface area (TPSA) is 70.5 Å². The van der Waals surface area contributed by atoms with Crippen LogP contribution in [-0.2, 0) is 9.59 Å². The fraction of sp³-hybridized carbons (Fsp3) is 0.222. The molecule has 1 aromatic heterocycles. The minimum atomic E-state index is -1.51. The predicted octanol–water partition coefficient (Wildman–Crippen LogP) is 1.59. The van der Waals surface area contributed by atoms with Crippen LogP contribution >= 0.6 is 24.0 Å². The van der Waals surface area contributed by atoms with Crippen molar-refractivity contribution in [2.75, 3.05) is 11.4 Å². The van der Waals surface area contributed by atoms with Crippen LogP contribution in [0.25, 0.3) is 0 Å². The molecule has 0 fully saturated rings. The summed E-state index contributed by atoms with van der Waals surface area (Å²) in [6.07, 6.45) is 1.36. The Morgan fingerprint density at radius 2 is 2.12 bits per heavy atom. The van der Waals surface area contributed by atoms with E-state index < -0.39 is 11.9 Å². The van der Waals surface area contributed by atoms with E-state index in [0.717, 1.165) is 4.90 Å². The molecule has 0 spiro atoms. The van der Waals surface area contributed by atoms with Gasteiger partial charge < -0.3 is 5.11 Å². The maximum atomic E-state index is 11.2. The van der Waals surface area contributed by atoms with Gasteiger partial charge in [0, 0.05) is 12.7 Å². The third-order valence-corrected chi connectivity index (χ3v) is 1.96. The summed E-state index contributed by atoms with van der Waals surface area (Å²) in [6.45, 7) is 1.90. The highest BCUT2D eigenvalue weighted by atomic mass is 35.5. The van der Waals surface area contributed by atoms with Crippen LogP contribution in [0.15, 0.2) is 18.3 Å². The molecule has 0 saturated carbocycles. The van der Waals surface area contributed by atoms with Crippen molar-refractivity contribution >= 4 is 41.7 Å². The first-order valence-corrected chi connectivity index (χ1v) is 4.60. The van der Waals surface area contributed by atoms with Crippen molar-refractivity contribution in [1.82, 2.24) is 4.98 Å². The molecule has 7 heteroatoms. The number of carbonyl (C=O) groups is 2. The standard InChI is InChI=1S/C9H9ClN2O3.ClH/c1-2-12(8(13)9(14)15)7-4-3-6(10)5-11-7;/h3-5H,2H2,1H3,(H,14,15);1H. The summed E-state index contributed by atoms with van der Waals surface area (Å²) in [5.74, 6) is -2.24. The van der Waals surface area contributed by atoms with E-state index in [2.05, 4.69) is 4.98 Å². The number of aliphatic carboxylic acids is 1. The monoisotopic (exact) mass is 264 g/mol. The number of pyridine rings is 1. The molecule has 0 bridgehead atoms. The van der Waals surface area contributed by atoms with E-state index in [1.165, 1.54) is 12.3 Å². The second-order valence-corrected chi connectivity index (χ2v) is 3.13. The molecule has 0 aliphatic carbocycles. The zero-order chi connectivity index (χ0) is 11.4. The summed E-state index contributed by atoms with van der Waals surface area (Å²) in [5, 5.41) is 8.98. The third kappa shape index (κ3) is 3.36. The molecule has 0 aliphatic rings. The van der Waals surface area contributed by atoms with Crippen LogP contribution in [-0.4, -0.2) is 28.5 Å². The number of nitrogens with zero attached hydrogens (tertiary/aromatic N) is 2. The van der Waals surface area contributed by atoms with E-state index in [-0.39, 0.29) is 24.8 Å². The number of hydrogen-bond acceptors (Lipinski definition) is 3. The van der Waals surface area contributed by atoms with E-state index in [1.807, 2.05) is 0 Å². The Bertz CT molecular complexity index is 381. The SMILES string of the molecule is CCN(C(=O)C(=O)O)c1ccc(Cl)cn1.Cl. The zero-order valence-electron chi connectivity index (χ0n) is 8.38. The maximum absolute atomic E-state index is 11.2. The molecule has 1 aromatic rings. The lowest BCUT2D eigenvalue weighted by atomic mass is 10.4. The fourth-order valence-electron chi connectivity index (χ4n) is 1.05. The van der Waals surface area contributed by atoms with Crippen molar-refractivity contribution in [3.63, 3.8) is 0 Å². The number of amides is 1. The second kappa shape index (κ2) is 6.30. The van der Waals surface area contributed by atoms with E-state index >= 15 is 0 Å². The number of aromatic nitrogens is 1. The van der Waals surface area contributed by atoms with Crippen LogP contribution in [0.5, 0.6) is 0 Å². The molecular weight excluding hydrogens is 255 g/mol. The van der Waals surface area contributed by atoms with Crippen LogP contribution in [0, 0.1) is 0 Å². The number of carbonyl (C=O) groups excluding carboxylic acids is 1. The fourth-order valence-corrected chi connectivity index (χ4v) is 1.16. The molecule has 88 valence electrons. The van der Waals surface area contributed by atoms with Crippen molar-refractivity contribution in [1.29, 1.82) is 0 Å². The molecule has 0 aromatic carbocycles. The predicted molar refractivity (Wildman–Crippen MR) is 62.2 cm³/mol. The average Bonchev–Trinajstić information content (AvgIpc) is 2.21. The van der Waals surface area contributed by atoms with Crippen LogP contribution in [0.4, 0.5) is 5.82 Å². The van der Waals surface area contributed by atoms with Crippen molar-refractivity contribution in [2.45, 2.75) is 6.92 Å². The summed E-state index contributed by atoms with van der Waals surface area (Å²) >= 11 is 5.62. The molecule has 0 unspecified atom stereocenters. The highest BCUT2D eigenvalue weighted by molar-refractivity contribution is 6.37. The van der Waals surface area contributed by atoms with E-state index in [4.69, 9.17) is 16.7 Å². The van der Waals surface area contributed by atoms with Crippen LogP contribution < -0.4 is 4.90 Å². The Hall–Kier alpha value is -1.33. The Morgan fingerprint density at radius 3 is 2.50 bits per heavy atom. The number of anilines is 1. The first-order valence-electron chi connectivity index (χ1n) is 4.22. The van der Waals surface area contributed by atoms with Gasteiger partial charge in [-0.25, -0.2) is 9.78 Å². The highest BCUT2D eigenvalue weighted by Crippen LogP contribution is 2.14. The van der Waals surface area contributed by atoms with Gasteiger partial charge in [0.2, 0.25) is 0 Å². The molecule has 16 heavy (non-hydrogen) atoms. The lowest BCUT2D eigenvalue weighted by Crippen LogP contribution is -2.36. The first kappa shape index (κ1) is 14.7. The summed E-state index contributed by atoms with van der Waals surface area (Å²) < 4.78 is 0. The third-order valence-electron chi connectivity index (χ3n) is 1.73. The number of carboxylic acid groups (broad SMARTS) is 1. The van der Waals surface area contributed by atoms with Gasteiger partial charge in [-0.2, -0.15) is 0 Å². The lowest BCUT2D eigenvalue weighted by Gasteiger charge is -2.16. The largest absolute Gasteiger partial charge is 0.474 e. The summed E-state index contributed by atoms with van der Waals surface area (Å²) in [7, 11) is 0. The van der Waals surface area contributed by atoms with E-state index in [0.29, 0.717) is 5.02 Å². The average molecular weight is 265 g/mol. The number of halogens is 2. The molecule has 1 rings (SSSR count). The minimum Gasteiger partial charge on any atom is -0.474 e. The summed E-state index contributed by atoms with van der Waals surface area (Å²) in [5.41, 5.74) is 0. The van der Waals surface area contributed by atoms with Crippen LogP contribution in [0.2, 0.25) is 5.02 Å². The maximum Gasteiger partial charge on any atom is 0.395 e. The molecule has 1 heterocycles. The van der Waals surface area contributed by atoms with Gasteiger partial charge in [-0.15, -0.1) is 12.4 Å². The summed E-state index contributed by atoms with van der Waals surface area (Å²) in [4.78, 5) is 26.6. The second-order valence-electron chi connectivity index (χ2n) is 2.69. The number of rotatable bonds is 2. The minimum absolute atomic E-state index is 0. The van der Waals surface area contributed by atoms with Crippen molar-refractivity contribution in [3.05, 3.63) is 23.4 Å². The van der Waals surface area contributed by atoms with Gasteiger partial charge in [-0.1, -0.05) is 11.6 Å². The smallest absolute Gasteiger partial charge is 0.395 e. The normalized spacial score (nSPS) is 9.12. The first-order chi connectivity index (χ1) is 7.06. The van der Waals surface area contributed by atoms with Gasteiger partial charge in [0.1, 0.15) is 5.82 Å². The molecule has 1 amide bonds. The number of likely N-dealkylation sites (N-methyl/N-ethyl adjacent to an activating group) is 1. The Morgan fingerprint density at radius 1 is 1.50 bits per heavy atom. The van der Waals surface area contributed by atoms with Gasteiger partial charge in [-0.05, 0) is 19.1 Å². The van der Waals surface area contributed by atoms with Gasteiger partial charge in [0.05, 0.1) is 5.02 Å². The quantitative estimate of drug-likeness (QED) is 0.824. The summed E-state index contributed by atoms with van der Waals surface area (Å²) in [6, 6.07) is 3.04. The molecule has 0 atom stereocenters. The number of carboxylic acids is 1. The molecule has 0 radical (unpaired) electrons. The van der Waals surface area contributed by atoms with Gasteiger partial charge in [0.15, 0.2) is 0 Å². The molecule has 1 N–H and O–H groups in total. The van der Waals surface area contributed by atoms with Crippen molar-refractivity contribution in [3.8, 4) is 0 Å². The molecule has 0 saturated heterocycles. The highest BCUT2D eigenvalue weighted by Gasteiger charge is 2.21. The van der Waals surface area contributed by atoms with E-state index in [9.17, 15) is 9.59 Å².